The lowest BCUT2D eigenvalue weighted by atomic mass is 9.43. The van der Waals surface area contributed by atoms with E-state index in [0.29, 0.717) is 23.5 Å². The topological polar surface area (TPSA) is 74.6 Å². The number of rotatable bonds is 3. The molecule has 0 spiro atoms. The highest BCUT2D eigenvalue weighted by Crippen LogP contribution is 2.68. The molecule has 0 heterocycles. The molecule has 2 N–H and O–H groups in total. The summed E-state index contributed by atoms with van der Waals surface area (Å²) < 4.78 is 0. The summed E-state index contributed by atoms with van der Waals surface area (Å²) in [7, 11) is 0. The maximum absolute atomic E-state index is 13.8. The highest BCUT2D eigenvalue weighted by molar-refractivity contribution is 5.99. The second-order valence-corrected chi connectivity index (χ2v) is 11.1. The number of aliphatic hydroxyl groups is 1. The van der Waals surface area contributed by atoms with Gasteiger partial charge in [0.2, 0.25) is 0 Å². The molecule has 0 aromatic carbocycles. The van der Waals surface area contributed by atoms with Gasteiger partial charge >= 0.3 is 5.97 Å². The van der Waals surface area contributed by atoms with Crippen LogP contribution in [0.25, 0.3) is 0 Å². The van der Waals surface area contributed by atoms with Crippen LogP contribution in [0.3, 0.4) is 0 Å². The van der Waals surface area contributed by atoms with E-state index in [9.17, 15) is 19.8 Å². The number of aliphatic carboxylic acids is 1. The van der Waals surface area contributed by atoms with E-state index in [2.05, 4.69) is 20.8 Å². The van der Waals surface area contributed by atoms with Crippen LogP contribution in [0, 0.1) is 46.3 Å². The summed E-state index contributed by atoms with van der Waals surface area (Å²) in [6.45, 7) is 8.83. The van der Waals surface area contributed by atoms with Crippen molar-refractivity contribution in [3.05, 3.63) is 11.6 Å². The molecule has 4 heteroatoms. The zero-order valence-electron chi connectivity index (χ0n) is 18.5. The Morgan fingerprint density at radius 2 is 1.79 bits per heavy atom. The maximum atomic E-state index is 13.8. The van der Waals surface area contributed by atoms with Crippen molar-refractivity contribution in [3.8, 4) is 0 Å². The number of carboxylic acids is 1. The molecule has 4 saturated carbocycles. The molecule has 4 aliphatic carbocycles. The van der Waals surface area contributed by atoms with E-state index < -0.39 is 5.97 Å². The fourth-order valence-electron chi connectivity index (χ4n) is 8.58. The number of hydrogen-bond acceptors (Lipinski definition) is 3. The molecule has 3 unspecified atom stereocenters. The van der Waals surface area contributed by atoms with Crippen molar-refractivity contribution in [3.63, 3.8) is 0 Å². The Morgan fingerprint density at radius 3 is 2.45 bits per heavy atom. The first-order valence-electron chi connectivity index (χ1n) is 11.7. The van der Waals surface area contributed by atoms with Crippen LogP contribution in [0.15, 0.2) is 11.6 Å². The first kappa shape index (κ1) is 21.1. The molecular formula is C25H38O4. The van der Waals surface area contributed by atoms with Crippen molar-refractivity contribution < 1.29 is 19.8 Å². The van der Waals surface area contributed by atoms with Crippen LogP contribution in [0.5, 0.6) is 0 Å². The van der Waals surface area contributed by atoms with Gasteiger partial charge in [-0.3, -0.25) is 9.59 Å². The third-order valence-corrected chi connectivity index (χ3v) is 9.97. The number of hydrogen-bond donors (Lipinski definition) is 2. The summed E-state index contributed by atoms with van der Waals surface area (Å²) in [5, 5.41) is 19.7. The molecule has 0 aromatic heterocycles. The predicted octanol–water partition coefficient (Wildman–Crippen LogP) is 4.85. The summed E-state index contributed by atoms with van der Waals surface area (Å²) in [4.78, 5) is 25.1. The third-order valence-electron chi connectivity index (χ3n) is 9.97. The van der Waals surface area contributed by atoms with Crippen LogP contribution in [-0.2, 0) is 9.59 Å². The van der Waals surface area contributed by atoms with E-state index in [-0.39, 0.29) is 41.1 Å². The molecule has 4 aliphatic rings. The Bertz CT molecular complexity index is 726. The van der Waals surface area contributed by atoms with Crippen molar-refractivity contribution in [2.75, 3.05) is 0 Å². The van der Waals surface area contributed by atoms with E-state index in [4.69, 9.17) is 0 Å². The molecule has 0 saturated heterocycles. The molecule has 9 atom stereocenters. The molecule has 4 rings (SSSR count). The van der Waals surface area contributed by atoms with Gasteiger partial charge in [-0.25, -0.2) is 0 Å². The predicted molar refractivity (Wildman–Crippen MR) is 112 cm³/mol. The second-order valence-electron chi connectivity index (χ2n) is 11.1. The van der Waals surface area contributed by atoms with Gasteiger partial charge in [0, 0.05) is 12.3 Å². The number of fused-ring (bicyclic) bond motifs is 5. The van der Waals surface area contributed by atoms with Gasteiger partial charge in [0.05, 0.1) is 6.10 Å². The molecule has 0 aromatic rings. The lowest BCUT2D eigenvalue weighted by Crippen LogP contribution is -2.58. The van der Waals surface area contributed by atoms with Gasteiger partial charge in [0.1, 0.15) is 0 Å². The molecule has 0 bridgehead atoms. The summed E-state index contributed by atoms with van der Waals surface area (Å²) in [5.41, 5.74) is 1.15. The fraction of sp³-hybridized carbons (Fsp3) is 0.840. The molecular weight excluding hydrogens is 364 g/mol. The van der Waals surface area contributed by atoms with Gasteiger partial charge in [0.15, 0.2) is 5.78 Å². The standard InChI is InChI=1S/C25H38O4/c1-5-16-20-13-15(26)8-10-25(20,4)19-9-11-24(3)17(14(2)12-21(27)28)6-7-18(24)22(19)23(16)29/h5,14-15,17-20,22,26H,6-13H2,1-4H3,(H,27,28)/b16-5+/t14-,15-,17-,18?,19?,20?,22+,24-,25-/m1/s1. The number of carbonyl (C=O) groups is 2. The lowest BCUT2D eigenvalue weighted by molar-refractivity contribution is -0.151. The molecule has 162 valence electrons. The fourth-order valence-corrected chi connectivity index (χ4v) is 8.58. The zero-order chi connectivity index (χ0) is 21.1. The molecule has 29 heavy (non-hydrogen) atoms. The van der Waals surface area contributed by atoms with Gasteiger partial charge in [0.25, 0.3) is 0 Å². The van der Waals surface area contributed by atoms with Crippen LogP contribution in [0.4, 0.5) is 0 Å². The highest BCUT2D eigenvalue weighted by atomic mass is 16.4. The average molecular weight is 403 g/mol. The Labute approximate surface area is 175 Å². The minimum atomic E-state index is -0.709. The number of carbonyl (C=O) groups excluding carboxylic acids is 1. The Balaban J connectivity index is 1.69. The van der Waals surface area contributed by atoms with Crippen molar-refractivity contribution in [2.45, 2.75) is 85.2 Å². The number of ketones is 1. The SMILES string of the molecule is C/C=C1/C(=O)[C@@H]2C(CC[C@@]3(C)C2CC[C@@H]3[C@H](C)CC(=O)O)[C@@]2(C)CC[C@@H](O)CC12. The largest absolute Gasteiger partial charge is 0.481 e. The zero-order valence-corrected chi connectivity index (χ0v) is 18.5. The van der Waals surface area contributed by atoms with Gasteiger partial charge < -0.3 is 10.2 Å². The van der Waals surface area contributed by atoms with Crippen molar-refractivity contribution in [1.29, 1.82) is 0 Å². The monoisotopic (exact) mass is 402 g/mol. The summed E-state index contributed by atoms with van der Waals surface area (Å²) in [5.74, 6) is 1.24. The van der Waals surface area contributed by atoms with Gasteiger partial charge in [-0.05, 0) is 97.9 Å². The van der Waals surface area contributed by atoms with Crippen LogP contribution in [0.1, 0.15) is 79.1 Å². The third kappa shape index (κ3) is 3.04. The molecule has 4 nitrogen and oxygen atoms in total. The van der Waals surface area contributed by atoms with Crippen LogP contribution in [-0.4, -0.2) is 28.1 Å². The Morgan fingerprint density at radius 1 is 1.14 bits per heavy atom. The van der Waals surface area contributed by atoms with Crippen molar-refractivity contribution >= 4 is 11.8 Å². The minimum Gasteiger partial charge on any atom is -0.481 e. The molecule has 4 fully saturated rings. The van der Waals surface area contributed by atoms with Crippen molar-refractivity contribution in [2.24, 2.45) is 46.3 Å². The second kappa shape index (κ2) is 7.21. The van der Waals surface area contributed by atoms with Gasteiger partial charge in [-0.1, -0.05) is 26.8 Å². The van der Waals surface area contributed by atoms with Crippen molar-refractivity contribution in [1.82, 2.24) is 0 Å². The van der Waals surface area contributed by atoms with E-state index in [1.165, 1.54) is 0 Å². The molecule has 0 radical (unpaired) electrons. The normalized spacial score (nSPS) is 49.3. The Hall–Kier alpha value is -1.16. The van der Waals surface area contributed by atoms with Gasteiger partial charge in [-0.15, -0.1) is 0 Å². The maximum Gasteiger partial charge on any atom is 0.303 e. The van der Waals surface area contributed by atoms with Crippen LogP contribution in [0.2, 0.25) is 0 Å². The summed E-state index contributed by atoms with van der Waals surface area (Å²) in [6.07, 6.45) is 8.84. The minimum absolute atomic E-state index is 0.0714. The quantitative estimate of drug-likeness (QED) is 0.662. The first-order valence-corrected chi connectivity index (χ1v) is 11.7. The molecule has 0 amide bonds. The average Bonchev–Trinajstić information content (AvgIpc) is 3.00. The number of aliphatic hydroxyl groups excluding tert-OH is 1. The number of Topliss-reactive ketones (excluding diaryl/α,β-unsaturated/α-hetero) is 1. The summed E-state index contributed by atoms with van der Waals surface area (Å²) >= 11 is 0. The van der Waals surface area contributed by atoms with Gasteiger partial charge in [-0.2, -0.15) is 0 Å². The van der Waals surface area contributed by atoms with Crippen LogP contribution >= 0.6 is 0 Å². The number of carboxylic acid groups (broad SMARTS) is 1. The lowest BCUT2D eigenvalue weighted by Gasteiger charge is -2.60. The van der Waals surface area contributed by atoms with E-state index in [1.807, 2.05) is 13.0 Å². The van der Waals surface area contributed by atoms with Crippen LogP contribution < -0.4 is 0 Å². The summed E-state index contributed by atoms with van der Waals surface area (Å²) in [6, 6.07) is 0. The van der Waals surface area contributed by atoms with E-state index >= 15 is 0 Å². The number of allylic oxidation sites excluding steroid dienone is 2. The van der Waals surface area contributed by atoms with E-state index in [1.54, 1.807) is 0 Å². The molecule has 0 aliphatic heterocycles. The first-order chi connectivity index (χ1) is 13.6. The highest BCUT2D eigenvalue weighted by Gasteiger charge is 2.64. The van der Waals surface area contributed by atoms with E-state index in [0.717, 1.165) is 50.5 Å². The Kier molecular flexibility index (Phi) is 5.25. The smallest absolute Gasteiger partial charge is 0.303 e.